The van der Waals surface area contributed by atoms with Gasteiger partial charge in [-0.2, -0.15) is 0 Å². The van der Waals surface area contributed by atoms with Crippen LogP contribution in [0, 0.1) is 6.92 Å². The third-order valence-electron chi connectivity index (χ3n) is 4.02. The van der Waals surface area contributed by atoms with E-state index in [0.717, 1.165) is 10.6 Å². The van der Waals surface area contributed by atoms with E-state index in [1.165, 1.54) is 25.2 Å². The van der Waals surface area contributed by atoms with E-state index >= 15 is 0 Å². The largest absolute Gasteiger partial charge is 0.462 e. The fraction of sp³-hybridized carbons (Fsp3) is 0.263. The molecule has 0 aromatic heterocycles. The molecule has 0 aliphatic rings. The van der Waals surface area contributed by atoms with Crippen LogP contribution in [0.3, 0.4) is 0 Å². The molecule has 150 valence electrons. The van der Waals surface area contributed by atoms with Gasteiger partial charge in [-0.15, -0.1) is 0 Å². The van der Waals surface area contributed by atoms with E-state index in [9.17, 15) is 18.0 Å². The molecule has 0 aliphatic carbocycles. The van der Waals surface area contributed by atoms with E-state index in [1.807, 2.05) is 0 Å². The molecule has 0 unspecified atom stereocenters. The van der Waals surface area contributed by atoms with Crippen molar-refractivity contribution in [3.05, 3.63) is 58.1 Å². The van der Waals surface area contributed by atoms with E-state index < -0.39 is 21.9 Å². The highest BCUT2D eigenvalue weighted by Gasteiger charge is 2.17. The lowest BCUT2D eigenvalue weighted by Gasteiger charge is -2.19. The van der Waals surface area contributed by atoms with E-state index in [1.54, 1.807) is 32.0 Å². The Morgan fingerprint density at radius 2 is 1.86 bits per heavy atom. The molecule has 2 aromatic carbocycles. The van der Waals surface area contributed by atoms with Crippen molar-refractivity contribution >= 4 is 44.9 Å². The summed E-state index contributed by atoms with van der Waals surface area (Å²) in [5.74, 6) is -0.985. The second-order valence-corrected chi connectivity index (χ2v) is 8.52. The third-order valence-corrected chi connectivity index (χ3v) is 5.54. The fourth-order valence-electron chi connectivity index (χ4n) is 2.50. The summed E-state index contributed by atoms with van der Waals surface area (Å²) in [6, 6.07) is 9.20. The number of nitrogens with zero attached hydrogens (tertiary/aromatic N) is 1. The van der Waals surface area contributed by atoms with Gasteiger partial charge >= 0.3 is 5.97 Å². The number of anilines is 2. The average Bonchev–Trinajstić information content (AvgIpc) is 2.62. The van der Waals surface area contributed by atoms with Gasteiger partial charge in [0.25, 0.3) is 5.91 Å². The molecule has 0 bridgehead atoms. The lowest BCUT2D eigenvalue weighted by atomic mass is 10.1. The molecule has 0 heterocycles. The Bertz CT molecular complexity index is 1020. The summed E-state index contributed by atoms with van der Waals surface area (Å²) in [6.45, 7) is 3.61. The summed E-state index contributed by atoms with van der Waals surface area (Å²) in [4.78, 5) is 24.5. The maximum absolute atomic E-state index is 12.5. The first-order chi connectivity index (χ1) is 13.0. The highest BCUT2D eigenvalue weighted by atomic mass is 35.5. The van der Waals surface area contributed by atoms with Gasteiger partial charge in [-0.3, -0.25) is 9.10 Å². The van der Waals surface area contributed by atoms with Crippen LogP contribution in [0.15, 0.2) is 36.4 Å². The van der Waals surface area contributed by atoms with Gasteiger partial charge in [-0.25, -0.2) is 13.2 Å². The standard InChI is InChI=1S/C19H21ClN2O5S/c1-5-27-19(24)15-11-14(7-8-16(15)20)21-18(23)13-6-9-17(12(2)10-13)22(3)28(4,25)26/h6-11H,5H2,1-4H3,(H,21,23). The van der Waals surface area contributed by atoms with Crippen LogP contribution in [0.25, 0.3) is 0 Å². The normalized spacial score (nSPS) is 11.0. The number of sulfonamides is 1. The SMILES string of the molecule is CCOC(=O)c1cc(NC(=O)c2ccc(N(C)S(C)(=O)=O)c(C)c2)ccc1Cl. The quantitative estimate of drug-likeness (QED) is 0.716. The van der Waals surface area contributed by atoms with Gasteiger partial charge in [0.15, 0.2) is 0 Å². The summed E-state index contributed by atoms with van der Waals surface area (Å²) in [7, 11) is -1.96. The maximum atomic E-state index is 12.5. The Morgan fingerprint density at radius 1 is 1.18 bits per heavy atom. The van der Waals surface area contributed by atoms with Crippen LogP contribution in [-0.2, 0) is 14.8 Å². The van der Waals surface area contributed by atoms with Gasteiger partial charge in [-0.05, 0) is 55.8 Å². The van der Waals surface area contributed by atoms with E-state index in [2.05, 4.69) is 5.32 Å². The molecule has 0 saturated heterocycles. The Morgan fingerprint density at radius 3 is 2.43 bits per heavy atom. The van der Waals surface area contributed by atoms with Gasteiger partial charge in [0.2, 0.25) is 10.0 Å². The maximum Gasteiger partial charge on any atom is 0.339 e. The first-order valence-corrected chi connectivity index (χ1v) is 10.6. The van der Waals surface area contributed by atoms with Crippen molar-refractivity contribution in [2.75, 3.05) is 29.5 Å². The molecule has 0 radical (unpaired) electrons. The molecule has 7 nitrogen and oxygen atoms in total. The van der Waals surface area contributed by atoms with Crippen molar-refractivity contribution in [2.45, 2.75) is 13.8 Å². The number of rotatable bonds is 6. The summed E-state index contributed by atoms with van der Waals surface area (Å²) in [6.07, 6.45) is 1.11. The first-order valence-electron chi connectivity index (χ1n) is 8.37. The molecule has 0 fully saturated rings. The monoisotopic (exact) mass is 424 g/mol. The number of nitrogens with one attached hydrogen (secondary N) is 1. The Kier molecular flexibility index (Phi) is 6.69. The molecule has 9 heteroatoms. The van der Waals surface area contributed by atoms with Crippen molar-refractivity contribution in [3.8, 4) is 0 Å². The molecule has 2 rings (SSSR count). The Labute approximate surface area is 169 Å². The molecule has 0 aliphatic heterocycles. The van der Waals surface area contributed by atoms with E-state index in [-0.39, 0.29) is 17.2 Å². The second-order valence-electron chi connectivity index (χ2n) is 6.10. The zero-order valence-corrected chi connectivity index (χ0v) is 17.5. The van der Waals surface area contributed by atoms with Crippen molar-refractivity contribution < 1.29 is 22.7 Å². The summed E-state index contributed by atoms with van der Waals surface area (Å²) in [5, 5.41) is 2.91. The van der Waals surface area contributed by atoms with Gasteiger partial charge in [0.1, 0.15) is 0 Å². The van der Waals surface area contributed by atoms with E-state index in [0.29, 0.717) is 22.5 Å². The average molecular weight is 425 g/mol. The molecule has 0 spiro atoms. The number of ether oxygens (including phenoxy) is 1. The number of amides is 1. The number of esters is 1. The van der Waals surface area contributed by atoms with Crippen molar-refractivity contribution in [2.24, 2.45) is 0 Å². The van der Waals surface area contributed by atoms with Crippen molar-refractivity contribution in [3.63, 3.8) is 0 Å². The number of benzene rings is 2. The molecule has 0 saturated carbocycles. The minimum absolute atomic E-state index is 0.155. The predicted octanol–water partition coefficient (Wildman–Crippen LogP) is 3.47. The predicted molar refractivity (Wildman–Crippen MR) is 110 cm³/mol. The number of halogens is 1. The van der Waals surface area contributed by atoms with Crippen LogP contribution in [0.1, 0.15) is 33.2 Å². The molecule has 1 amide bonds. The number of carbonyl (C=O) groups excluding carboxylic acids is 2. The Balaban J connectivity index is 2.25. The topological polar surface area (TPSA) is 92.8 Å². The van der Waals surface area contributed by atoms with Crippen LogP contribution < -0.4 is 9.62 Å². The lowest BCUT2D eigenvalue weighted by molar-refractivity contribution is 0.0526. The summed E-state index contributed by atoms with van der Waals surface area (Å²) < 4.78 is 29.5. The highest BCUT2D eigenvalue weighted by Crippen LogP contribution is 2.24. The molecular weight excluding hydrogens is 404 g/mol. The van der Waals surface area contributed by atoms with Crippen LogP contribution >= 0.6 is 11.6 Å². The number of hydrogen-bond donors (Lipinski definition) is 1. The zero-order chi connectivity index (χ0) is 21.1. The van der Waals surface area contributed by atoms with Gasteiger partial charge in [-0.1, -0.05) is 11.6 Å². The third kappa shape index (κ3) is 5.02. The Hall–Kier alpha value is -2.58. The molecule has 0 atom stereocenters. The molecular formula is C19H21ClN2O5S. The zero-order valence-electron chi connectivity index (χ0n) is 15.9. The van der Waals surface area contributed by atoms with E-state index in [4.69, 9.17) is 16.3 Å². The first kappa shape index (κ1) is 21.7. The van der Waals surface area contributed by atoms with Crippen LogP contribution in [-0.4, -0.2) is 40.2 Å². The van der Waals surface area contributed by atoms with Gasteiger partial charge in [0.05, 0.1) is 29.1 Å². The van der Waals surface area contributed by atoms with Crippen LogP contribution in [0.2, 0.25) is 5.02 Å². The number of aryl methyl sites for hydroxylation is 1. The fourth-order valence-corrected chi connectivity index (χ4v) is 3.26. The number of carbonyl (C=O) groups is 2. The minimum atomic E-state index is -3.41. The second kappa shape index (κ2) is 8.62. The summed E-state index contributed by atoms with van der Waals surface area (Å²) in [5.41, 5.74) is 1.99. The number of hydrogen-bond acceptors (Lipinski definition) is 5. The van der Waals surface area contributed by atoms with Gasteiger partial charge < -0.3 is 10.1 Å². The summed E-state index contributed by atoms with van der Waals surface area (Å²) >= 11 is 6.02. The van der Waals surface area contributed by atoms with Crippen LogP contribution in [0.4, 0.5) is 11.4 Å². The van der Waals surface area contributed by atoms with Crippen molar-refractivity contribution in [1.82, 2.24) is 0 Å². The molecule has 1 N–H and O–H groups in total. The molecule has 28 heavy (non-hydrogen) atoms. The van der Waals surface area contributed by atoms with Crippen molar-refractivity contribution in [1.29, 1.82) is 0 Å². The van der Waals surface area contributed by atoms with Gasteiger partial charge in [0, 0.05) is 18.3 Å². The molecule has 2 aromatic rings. The highest BCUT2D eigenvalue weighted by molar-refractivity contribution is 7.92. The minimum Gasteiger partial charge on any atom is -0.462 e. The lowest BCUT2D eigenvalue weighted by Crippen LogP contribution is -2.25. The smallest absolute Gasteiger partial charge is 0.339 e. The van der Waals surface area contributed by atoms with Crippen LogP contribution in [0.5, 0.6) is 0 Å².